The zero-order chi connectivity index (χ0) is 34.5. The highest BCUT2D eigenvalue weighted by Crippen LogP contribution is 2.30. The summed E-state index contributed by atoms with van der Waals surface area (Å²) in [4.78, 5) is 31.5. The molecule has 4 heterocycles. The maximum absolute atomic E-state index is 14.1. The van der Waals surface area contributed by atoms with E-state index in [1.54, 1.807) is 42.9 Å². The van der Waals surface area contributed by atoms with Crippen LogP contribution in [-0.2, 0) is 0 Å². The SMILES string of the molecule is CCN(C(=O)c1cn(-c2cc(OC)cc(OCCCCCC[N+]34CCN(CC3)CC4)c2)c2cc(OC)ccc2c1=O)c1cc(F)cc(F)c1. The molecule has 3 fully saturated rings. The van der Waals surface area contributed by atoms with Gasteiger partial charge in [-0.3, -0.25) is 14.5 Å². The molecule has 0 saturated carbocycles. The van der Waals surface area contributed by atoms with E-state index in [9.17, 15) is 18.4 Å². The van der Waals surface area contributed by atoms with Gasteiger partial charge in [0.15, 0.2) is 0 Å². The van der Waals surface area contributed by atoms with E-state index in [1.807, 2.05) is 12.1 Å². The number of carbonyl (C=O) groups is 1. The van der Waals surface area contributed by atoms with Crippen molar-refractivity contribution < 1.29 is 32.3 Å². The van der Waals surface area contributed by atoms with Gasteiger partial charge in [0, 0.05) is 73.8 Å². The van der Waals surface area contributed by atoms with E-state index in [1.165, 1.54) is 81.3 Å². The first kappa shape index (κ1) is 34.4. The number of nitrogens with zero attached hydrogens (tertiary/aromatic N) is 4. The molecule has 0 N–H and O–H groups in total. The quantitative estimate of drug-likeness (QED) is 0.120. The Morgan fingerprint density at radius 3 is 2.18 bits per heavy atom. The van der Waals surface area contributed by atoms with Crippen LogP contribution < -0.4 is 24.5 Å². The highest BCUT2D eigenvalue weighted by Gasteiger charge is 2.37. The number of fused-ring (bicyclic) bond motifs is 4. The molecule has 49 heavy (non-hydrogen) atoms. The molecule has 4 aromatic rings. The number of hydrogen-bond acceptors (Lipinski definition) is 6. The van der Waals surface area contributed by atoms with Crippen LogP contribution in [0.1, 0.15) is 43.0 Å². The van der Waals surface area contributed by atoms with Crippen LogP contribution in [0.3, 0.4) is 0 Å². The molecule has 1 amide bonds. The Balaban J connectivity index is 1.24. The second-order valence-corrected chi connectivity index (χ2v) is 13.0. The molecular formula is C38H45F2N4O5+. The lowest BCUT2D eigenvalue weighted by Crippen LogP contribution is -2.67. The first-order valence-electron chi connectivity index (χ1n) is 17.1. The summed E-state index contributed by atoms with van der Waals surface area (Å²) in [6.45, 7) is 11.2. The standard InChI is InChI=1S/C38H45F2N4O5/c1-4-42(29-20-27(39)19-28(40)21-29)38(46)35-26-43(36-25-31(47-2)9-10-34(36)37(35)45)30-22-32(48-3)24-33(23-30)49-18-8-6-5-7-14-44-15-11-41(12-16-44)13-17-44/h9-10,19-26H,4-8,11-18H2,1-3H3/q+1. The number of hydrogen-bond donors (Lipinski definition) is 0. The lowest BCUT2D eigenvalue weighted by Gasteiger charge is -2.50. The summed E-state index contributed by atoms with van der Waals surface area (Å²) in [6.07, 6.45) is 5.87. The molecule has 3 aromatic carbocycles. The van der Waals surface area contributed by atoms with Crippen molar-refractivity contribution in [3.63, 3.8) is 0 Å². The van der Waals surface area contributed by atoms with Gasteiger partial charge in [-0.15, -0.1) is 0 Å². The Morgan fingerprint density at radius 1 is 0.837 bits per heavy atom. The minimum atomic E-state index is -0.822. The van der Waals surface area contributed by atoms with E-state index < -0.39 is 23.0 Å². The third-order valence-corrected chi connectivity index (χ3v) is 10.0. The number of carbonyl (C=O) groups excluding carboxylic acids is 1. The molecule has 3 aliphatic rings. The molecule has 9 nitrogen and oxygen atoms in total. The Kier molecular flexibility index (Phi) is 10.5. The van der Waals surface area contributed by atoms with Crippen molar-refractivity contribution in [3.8, 4) is 22.9 Å². The van der Waals surface area contributed by atoms with E-state index in [0.717, 1.165) is 31.0 Å². The number of halogens is 2. The first-order chi connectivity index (χ1) is 23.7. The molecule has 1 aromatic heterocycles. The number of piperazine rings is 3. The van der Waals surface area contributed by atoms with Crippen LogP contribution in [0, 0.1) is 11.6 Å². The summed E-state index contributed by atoms with van der Waals surface area (Å²) in [5.74, 6) is -0.677. The van der Waals surface area contributed by atoms with Gasteiger partial charge in [0.25, 0.3) is 5.91 Å². The third-order valence-electron chi connectivity index (χ3n) is 10.0. The number of pyridine rings is 1. The fraction of sp³-hybridized carbons (Fsp3) is 0.421. The number of ether oxygens (including phenoxy) is 3. The molecule has 7 rings (SSSR count). The van der Waals surface area contributed by atoms with Crippen molar-refractivity contribution >= 4 is 22.5 Å². The number of rotatable bonds is 14. The second-order valence-electron chi connectivity index (χ2n) is 13.0. The Bertz CT molecular complexity index is 1840. The summed E-state index contributed by atoms with van der Waals surface area (Å²) < 4.78 is 48.6. The van der Waals surface area contributed by atoms with Gasteiger partial charge in [-0.25, -0.2) is 8.78 Å². The van der Waals surface area contributed by atoms with Crippen molar-refractivity contribution in [3.05, 3.63) is 88.2 Å². The number of benzene rings is 3. The highest BCUT2D eigenvalue weighted by atomic mass is 19.1. The fourth-order valence-electron chi connectivity index (χ4n) is 7.14. The largest absolute Gasteiger partial charge is 0.497 e. The molecule has 2 bridgehead atoms. The zero-order valence-electron chi connectivity index (χ0n) is 28.6. The highest BCUT2D eigenvalue weighted by molar-refractivity contribution is 6.07. The summed E-state index contributed by atoms with van der Waals surface area (Å²) in [5.41, 5.74) is 0.437. The fourth-order valence-corrected chi connectivity index (χ4v) is 7.14. The minimum Gasteiger partial charge on any atom is -0.497 e. The molecule has 3 saturated heterocycles. The molecule has 0 atom stereocenters. The van der Waals surface area contributed by atoms with Gasteiger partial charge in [0.05, 0.1) is 58.2 Å². The first-order valence-corrected chi connectivity index (χ1v) is 17.1. The van der Waals surface area contributed by atoms with Crippen LogP contribution in [0.15, 0.2) is 65.6 Å². The monoisotopic (exact) mass is 675 g/mol. The van der Waals surface area contributed by atoms with E-state index >= 15 is 0 Å². The lowest BCUT2D eigenvalue weighted by atomic mass is 10.1. The summed E-state index contributed by atoms with van der Waals surface area (Å²) in [6, 6.07) is 13.3. The molecule has 0 spiro atoms. The third kappa shape index (κ3) is 7.58. The normalized spacial score (nSPS) is 18.4. The molecule has 0 unspecified atom stereocenters. The maximum Gasteiger partial charge on any atom is 0.263 e. The van der Waals surface area contributed by atoms with Crippen LogP contribution >= 0.6 is 0 Å². The average molecular weight is 676 g/mol. The van der Waals surface area contributed by atoms with Crippen LogP contribution in [0.5, 0.6) is 17.2 Å². The van der Waals surface area contributed by atoms with Gasteiger partial charge >= 0.3 is 0 Å². The van der Waals surface area contributed by atoms with Crippen molar-refractivity contribution in [2.24, 2.45) is 0 Å². The minimum absolute atomic E-state index is 0.0147. The number of anilines is 1. The number of amides is 1. The predicted octanol–water partition coefficient (Wildman–Crippen LogP) is 6.04. The van der Waals surface area contributed by atoms with Gasteiger partial charge in [-0.1, -0.05) is 0 Å². The van der Waals surface area contributed by atoms with Gasteiger partial charge in [0.1, 0.15) is 34.4 Å². The lowest BCUT2D eigenvalue weighted by molar-refractivity contribution is -0.941. The van der Waals surface area contributed by atoms with Crippen LogP contribution in [-0.4, -0.2) is 93.0 Å². The molecular weight excluding hydrogens is 630 g/mol. The molecule has 11 heteroatoms. The number of methoxy groups -OCH3 is 2. The van der Waals surface area contributed by atoms with Gasteiger partial charge in [0.2, 0.25) is 5.43 Å². The molecule has 0 aliphatic carbocycles. The second kappa shape index (κ2) is 15.0. The molecule has 260 valence electrons. The van der Waals surface area contributed by atoms with E-state index in [0.29, 0.717) is 35.1 Å². The van der Waals surface area contributed by atoms with Crippen LogP contribution in [0.25, 0.3) is 16.6 Å². The smallest absolute Gasteiger partial charge is 0.263 e. The van der Waals surface area contributed by atoms with Gasteiger partial charge < -0.3 is 28.2 Å². The topological polar surface area (TPSA) is 73.2 Å². The van der Waals surface area contributed by atoms with Gasteiger partial charge in [-0.2, -0.15) is 0 Å². The number of aromatic nitrogens is 1. The van der Waals surface area contributed by atoms with Crippen LogP contribution in [0.4, 0.5) is 14.5 Å². The number of quaternary nitrogens is 1. The summed E-state index contributed by atoms with van der Waals surface area (Å²) in [7, 11) is 3.10. The Morgan fingerprint density at radius 2 is 1.51 bits per heavy atom. The van der Waals surface area contributed by atoms with Crippen molar-refractivity contribution in [2.75, 3.05) is 78.1 Å². The zero-order valence-corrected chi connectivity index (χ0v) is 28.6. The Hall–Kier alpha value is -4.48. The summed E-state index contributed by atoms with van der Waals surface area (Å²) >= 11 is 0. The van der Waals surface area contributed by atoms with Crippen molar-refractivity contribution in [1.82, 2.24) is 9.47 Å². The summed E-state index contributed by atoms with van der Waals surface area (Å²) in [5, 5.41) is 0.273. The van der Waals surface area contributed by atoms with Crippen LogP contribution in [0.2, 0.25) is 0 Å². The predicted molar refractivity (Wildman–Crippen MR) is 186 cm³/mol. The Labute approximate surface area is 285 Å². The average Bonchev–Trinajstić information content (AvgIpc) is 3.11. The molecule has 3 aliphatic heterocycles. The maximum atomic E-state index is 14.1. The number of unbranched alkanes of at least 4 members (excludes halogenated alkanes) is 3. The van der Waals surface area contributed by atoms with E-state index in [4.69, 9.17) is 14.2 Å². The molecule has 0 radical (unpaired) electrons. The van der Waals surface area contributed by atoms with E-state index in [-0.39, 0.29) is 23.2 Å². The van der Waals surface area contributed by atoms with Crippen molar-refractivity contribution in [1.29, 1.82) is 0 Å². The van der Waals surface area contributed by atoms with Crippen molar-refractivity contribution in [2.45, 2.75) is 32.6 Å². The van der Waals surface area contributed by atoms with E-state index in [2.05, 4.69) is 4.90 Å². The van der Waals surface area contributed by atoms with Gasteiger partial charge in [-0.05, 0) is 56.9 Å².